The zero-order chi connectivity index (χ0) is 20.8. The maximum Gasteiger partial charge on any atom is 0.187 e. The Labute approximate surface area is 164 Å². The Morgan fingerprint density at radius 1 is 1.32 bits per heavy atom. The summed E-state index contributed by atoms with van der Waals surface area (Å²) in [6.07, 6.45) is -5.11. The number of rotatable bonds is 4. The molecule has 3 aliphatic rings. The van der Waals surface area contributed by atoms with Crippen LogP contribution in [0.4, 0.5) is 0 Å². The van der Waals surface area contributed by atoms with Crippen molar-refractivity contribution in [2.75, 3.05) is 6.61 Å². The lowest BCUT2D eigenvalue weighted by Gasteiger charge is -2.49. The molecule has 9 atom stereocenters. The zero-order valence-corrected chi connectivity index (χ0v) is 16.2. The standard InChI is InChI=1S/C20H30O8/c1-9(2)11-4-5-12-6-13(22)18(10(3)20(12,26)7-11)28-19-17(25)16(24)15(23)14(8-21)27-19/h6,10-11,14-19,21,23-26H,1,4-5,7-8H2,2-3H3/t10-,11-,14-,15-,16+,17-,18-,19+,20-/m1/s1. The minimum Gasteiger partial charge on any atom is -0.394 e. The number of carbonyl (C=O) groups excluding carboxylic acids is 1. The topological polar surface area (TPSA) is 137 Å². The highest BCUT2D eigenvalue weighted by Gasteiger charge is 2.53. The highest BCUT2D eigenvalue weighted by molar-refractivity contribution is 5.96. The van der Waals surface area contributed by atoms with E-state index < -0.39 is 54.9 Å². The van der Waals surface area contributed by atoms with Gasteiger partial charge in [-0.3, -0.25) is 4.79 Å². The highest BCUT2D eigenvalue weighted by atomic mass is 16.7. The van der Waals surface area contributed by atoms with Crippen LogP contribution in [0.5, 0.6) is 0 Å². The maximum absolute atomic E-state index is 12.7. The van der Waals surface area contributed by atoms with Gasteiger partial charge in [-0.15, -0.1) is 0 Å². The summed E-state index contributed by atoms with van der Waals surface area (Å²) >= 11 is 0. The van der Waals surface area contributed by atoms with Gasteiger partial charge in [-0.05, 0) is 43.8 Å². The van der Waals surface area contributed by atoms with E-state index >= 15 is 0 Å². The summed E-state index contributed by atoms with van der Waals surface area (Å²) in [5, 5.41) is 50.7. The first-order chi connectivity index (χ1) is 13.1. The van der Waals surface area contributed by atoms with Gasteiger partial charge in [0.05, 0.1) is 12.2 Å². The number of allylic oxidation sites excluding steroid dienone is 1. The largest absolute Gasteiger partial charge is 0.394 e. The average Bonchev–Trinajstić information content (AvgIpc) is 2.65. The van der Waals surface area contributed by atoms with Crippen LogP contribution in [-0.4, -0.2) is 80.3 Å². The lowest BCUT2D eigenvalue weighted by Crippen LogP contribution is -2.61. The molecule has 0 amide bonds. The molecule has 2 aliphatic carbocycles. The maximum atomic E-state index is 12.7. The third-order valence-corrected chi connectivity index (χ3v) is 6.51. The Morgan fingerprint density at radius 3 is 2.61 bits per heavy atom. The molecule has 28 heavy (non-hydrogen) atoms. The number of ether oxygens (including phenoxy) is 2. The molecule has 0 aromatic carbocycles. The lowest BCUT2D eigenvalue weighted by atomic mass is 9.63. The summed E-state index contributed by atoms with van der Waals surface area (Å²) in [6, 6.07) is 0. The zero-order valence-electron chi connectivity index (χ0n) is 16.2. The van der Waals surface area contributed by atoms with Crippen LogP contribution >= 0.6 is 0 Å². The molecule has 5 N–H and O–H groups in total. The highest BCUT2D eigenvalue weighted by Crippen LogP contribution is 2.47. The van der Waals surface area contributed by atoms with Crippen molar-refractivity contribution < 1.29 is 39.8 Å². The third kappa shape index (κ3) is 3.59. The summed E-state index contributed by atoms with van der Waals surface area (Å²) in [5.41, 5.74) is 0.410. The van der Waals surface area contributed by atoms with E-state index in [4.69, 9.17) is 9.47 Å². The molecule has 0 radical (unpaired) electrons. The Hall–Kier alpha value is -1.13. The predicted molar refractivity (Wildman–Crippen MR) is 98.0 cm³/mol. The second-order valence-corrected chi connectivity index (χ2v) is 8.32. The van der Waals surface area contributed by atoms with Crippen LogP contribution in [0.15, 0.2) is 23.8 Å². The van der Waals surface area contributed by atoms with Crippen LogP contribution in [0, 0.1) is 11.8 Å². The molecular formula is C20H30O8. The van der Waals surface area contributed by atoms with Crippen LogP contribution in [0.25, 0.3) is 0 Å². The third-order valence-electron chi connectivity index (χ3n) is 6.51. The first-order valence-corrected chi connectivity index (χ1v) is 9.68. The van der Waals surface area contributed by atoms with Gasteiger partial charge in [-0.25, -0.2) is 0 Å². The summed E-state index contributed by atoms with van der Waals surface area (Å²) in [5.74, 6) is -0.835. The van der Waals surface area contributed by atoms with Crippen LogP contribution in [0.3, 0.4) is 0 Å². The fourth-order valence-electron chi connectivity index (χ4n) is 4.51. The number of fused-ring (bicyclic) bond motifs is 1. The van der Waals surface area contributed by atoms with Crippen molar-refractivity contribution >= 4 is 5.78 Å². The molecule has 0 spiro atoms. The van der Waals surface area contributed by atoms with Gasteiger partial charge < -0.3 is 35.0 Å². The van der Waals surface area contributed by atoms with Gasteiger partial charge in [-0.1, -0.05) is 19.1 Å². The monoisotopic (exact) mass is 398 g/mol. The van der Waals surface area contributed by atoms with Crippen LogP contribution in [0.2, 0.25) is 0 Å². The van der Waals surface area contributed by atoms with E-state index in [0.717, 1.165) is 12.0 Å². The summed E-state index contributed by atoms with van der Waals surface area (Å²) in [7, 11) is 0. The van der Waals surface area contributed by atoms with E-state index in [-0.39, 0.29) is 11.7 Å². The fraction of sp³-hybridized carbons (Fsp3) is 0.750. The second-order valence-electron chi connectivity index (χ2n) is 8.32. The van der Waals surface area contributed by atoms with Crippen LogP contribution < -0.4 is 0 Å². The molecule has 158 valence electrons. The molecule has 0 unspecified atom stereocenters. The van der Waals surface area contributed by atoms with Gasteiger partial charge >= 0.3 is 0 Å². The second kappa shape index (κ2) is 7.95. The molecule has 1 saturated heterocycles. The lowest BCUT2D eigenvalue weighted by molar-refractivity contribution is -0.314. The summed E-state index contributed by atoms with van der Waals surface area (Å²) in [4.78, 5) is 12.7. The molecule has 0 aromatic rings. The first kappa shape index (κ1) is 21.6. The molecule has 1 aliphatic heterocycles. The molecule has 0 aromatic heterocycles. The number of hydrogen-bond acceptors (Lipinski definition) is 8. The molecule has 1 saturated carbocycles. The van der Waals surface area contributed by atoms with Gasteiger partial charge in [0.25, 0.3) is 0 Å². The molecule has 2 fully saturated rings. The quantitative estimate of drug-likeness (QED) is 0.397. The number of aliphatic hydroxyl groups is 5. The van der Waals surface area contributed by atoms with Gasteiger partial charge in [0, 0.05) is 5.92 Å². The van der Waals surface area contributed by atoms with Crippen molar-refractivity contribution in [3.8, 4) is 0 Å². The van der Waals surface area contributed by atoms with Crippen molar-refractivity contribution in [1.82, 2.24) is 0 Å². The van der Waals surface area contributed by atoms with Gasteiger partial charge in [-0.2, -0.15) is 0 Å². The van der Waals surface area contributed by atoms with Crippen molar-refractivity contribution in [3.05, 3.63) is 23.8 Å². The SMILES string of the molecule is C=C(C)[C@@H]1CCC2=CC(=O)[C@H](O[C@@H]3O[C@H](CO)[C@@H](O)[C@H](O)[C@H]3O)[C@@H](C)[C@]2(O)C1. The predicted octanol–water partition coefficient (Wildman–Crippen LogP) is -0.576. The van der Waals surface area contributed by atoms with Crippen LogP contribution in [-0.2, 0) is 14.3 Å². The van der Waals surface area contributed by atoms with E-state index in [1.54, 1.807) is 6.92 Å². The molecular weight excluding hydrogens is 368 g/mol. The van der Waals surface area contributed by atoms with E-state index in [1.807, 2.05) is 6.92 Å². The Balaban J connectivity index is 1.82. The number of aliphatic hydroxyl groups excluding tert-OH is 4. The van der Waals surface area contributed by atoms with Crippen molar-refractivity contribution in [2.24, 2.45) is 11.8 Å². The number of ketones is 1. The summed E-state index contributed by atoms with van der Waals surface area (Å²) < 4.78 is 11.1. The molecule has 0 bridgehead atoms. The smallest absolute Gasteiger partial charge is 0.187 e. The van der Waals surface area contributed by atoms with Crippen molar-refractivity contribution in [1.29, 1.82) is 0 Å². The molecule has 1 heterocycles. The normalized spacial score (nSPS) is 46.7. The van der Waals surface area contributed by atoms with E-state index in [2.05, 4.69) is 6.58 Å². The van der Waals surface area contributed by atoms with E-state index in [9.17, 15) is 30.3 Å². The van der Waals surface area contributed by atoms with Gasteiger partial charge in [0.2, 0.25) is 0 Å². The van der Waals surface area contributed by atoms with Crippen molar-refractivity contribution in [3.63, 3.8) is 0 Å². The Morgan fingerprint density at radius 2 is 2.00 bits per heavy atom. The molecule has 8 heteroatoms. The van der Waals surface area contributed by atoms with Gasteiger partial charge in [0.15, 0.2) is 12.1 Å². The fourth-order valence-corrected chi connectivity index (χ4v) is 4.51. The van der Waals surface area contributed by atoms with Gasteiger partial charge in [0.1, 0.15) is 30.5 Å². The van der Waals surface area contributed by atoms with E-state index in [0.29, 0.717) is 18.4 Å². The van der Waals surface area contributed by atoms with Crippen LogP contribution in [0.1, 0.15) is 33.1 Å². The number of hydrogen-bond donors (Lipinski definition) is 5. The molecule has 3 rings (SSSR count). The minimum atomic E-state index is -1.60. The Kier molecular flexibility index (Phi) is 6.12. The first-order valence-electron chi connectivity index (χ1n) is 9.68. The van der Waals surface area contributed by atoms with Crippen molar-refractivity contribution in [2.45, 2.75) is 75.5 Å². The average molecular weight is 398 g/mol. The number of carbonyl (C=O) groups is 1. The molecule has 8 nitrogen and oxygen atoms in total. The Bertz CT molecular complexity index is 659. The summed E-state index contributed by atoms with van der Waals surface area (Å²) in [6.45, 7) is 7.02. The van der Waals surface area contributed by atoms with E-state index in [1.165, 1.54) is 6.08 Å². The minimum absolute atomic E-state index is 0.130.